The Bertz CT molecular complexity index is 1660. The lowest BCUT2D eigenvalue weighted by molar-refractivity contribution is -0.143. The SMILES string of the molecule is CC(C)(C)c1cc(C[C@@H](OC(=O)N2CCC(N3CCc4ccccc4NC3=O)CC2)C(=O)N2CCN(C3CCN(CC(=O)O)CC3)CC2)cc(Cl)c1N. The summed E-state index contributed by atoms with van der Waals surface area (Å²) in [5.41, 5.74) is 10.2. The third-order valence-corrected chi connectivity index (χ3v) is 11.6. The summed E-state index contributed by atoms with van der Waals surface area (Å²) in [5, 5.41) is 12.6. The number of carbonyl (C=O) groups excluding carboxylic acids is 3. The normalized spacial score (nSPS) is 20.4. The number of amides is 4. The number of piperidine rings is 2. The van der Waals surface area contributed by atoms with Gasteiger partial charge in [-0.05, 0) is 66.3 Å². The van der Waals surface area contributed by atoms with Crippen molar-refractivity contribution < 1.29 is 29.0 Å². The van der Waals surface area contributed by atoms with Gasteiger partial charge in [0.1, 0.15) is 0 Å². The number of hydrogen-bond donors (Lipinski definition) is 3. The Morgan fingerprint density at radius 2 is 1.58 bits per heavy atom. The van der Waals surface area contributed by atoms with Crippen LogP contribution in [-0.4, -0.2) is 137 Å². The van der Waals surface area contributed by atoms with Crippen molar-refractivity contribution in [3.63, 3.8) is 0 Å². The van der Waals surface area contributed by atoms with Crippen LogP contribution in [0.1, 0.15) is 63.1 Å². The molecule has 1 atom stereocenters. The van der Waals surface area contributed by atoms with Crippen LogP contribution in [0.2, 0.25) is 5.02 Å². The zero-order valence-corrected chi connectivity index (χ0v) is 31.9. The summed E-state index contributed by atoms with van der Waals surface area (Å²) in [6.45, 7) is 11.5. The van der Waals surface area contributed by atoms with Crippen LogP contribution in [-0.2, 0) is 32.6 Å². The number of urea groups is 1. The number of halogens is 1. The highest BCUT2D eigenvalue weighted by Gasteiger charge is 2.37. The van der Waals surface area contributed by atoms with Gasteiger partial charge in [-0.1, -0.05) is 56.6 Å². The van der Waals surface area contributed by atoms with Crippen LogP contribution in [0.3, 0.4) is 0 Å². The number of aliphatic carboxylic acids is 1. The molecule has 6 rings (SSSR count). The molecule has 4 heterocycles. The average Bonchev–Trinajstić information content (AvgIpc) is 3.30. The minimum Gasteiger partial charge on any atom is -0.480 e. The molecule has 0 unspecified atom stereocenters. The molecule has 14 heteroatoms. The first kappa shape index (κ1) is 38.6. The summed E-state index contributed by atoms with van der Waals surface area (Å²) in [4.78, 5) is 62.0. The molecule has 2 aromatic rings. The Morgan fingerprint density at radius 1 is 0.925 bits per heavy atom. The number of carboxylic acids is 1. The van der Waals surface area contributed by atoms with E-state index in [1.54, 1.807) is 15.9 Å². The van der Waals surface area contributed by atoms with Crippen molar-refractivity contribution >= 4 is 47.0 Å². The molecule has 0 aliphatic carbocycles. The van der Waals surface area contributed by atoms with E-state index in [0.29, 0.717) is 75.4 Å². The Labute approximate surface area is 317 Å². The minimum atomic E-state index is -1.06. The molecular weight excluding hydrogens is 698 g/mol. The predicted octanol–water partition coefficient (Wildman–Crippen LogP) is 4.52. The minimum absolute atomic E-state index is 0.0146. The molecule has 4 aliphatic heterocycles. The first-order chi connectivity index (χ1) is 25.3. The number of ether oxygens (including phenoxy) is 1. The molecule has 4 N–H and O–H groups in total. The largest absolute Gasteiger partial charge is 0.480 e. The maximum absolute atomic E-state index is 14.2. The van der Waals surface area contributed by atoms with Crippen LogP contribution < -0.4 is 11.1 Å². The summed E-state index contributed by atoms with van der Waals surface area (Å²) in [5.74, 6) is -1.05. The Morgan fingerprint density at radius 3 is 2.25 bits per heavy atom. The number of anilines is 2. The number of nitrogens with one attached hydrogen (secondary N) is 1. The molecule has 3 saturated heterocycles. The number of nitrogen functional groups attached to an aromatic ring is 1. The predicted molar refractivity (Wildman–Crippen MR) is 204 cm³/mol. The van der Waals surface area contributed by atoms with Crippen molar-refractivity contribution in [1.82, 2.24) is 24.5 Å². The fourth-order valence-corrected chi connectivity index (χ4v) is 8.49. The van der Waals surface area contributed by atoms with Gasteiger partial charge in [-0.15, -0.1) is 0 Å². The highest BCUT2D eigenvalue weighted by atomic mass is 35.5. The van der Waals surface area contributed by atoms with Crippen molar-refractivity contribution in [1.29, 1.82) is 0 Å². The van der Waals surface area contributed by atoms with Gasteiger partial charge in [-0.2, -0.15) is 0 Å². The summed E-state index contributed by atoms with van der Waals surface area (Å²) < 4.78 is 6.12. The number of para-hydroxylation sites is 1. The Hall–Kier alpha value is -4.07. The second kappa shape index (κ2) is 16.5. The van der Waals surface area contributed by atoms with Gasteiger partial charge < -0.3 is 35.6 Å². The molecule has 0 radical (unpaired) electrons. The number of nitrogens with zero attached hydrogens (tertiary/aromatic N) is 5. The van der Waals surface area contributed by atoms with Crippen LogP contribution in [0.15, 0.2) is 36.4 Å². The maximum atomic E-state index is 14.2. The third-order valence-electron chi connectivity index (χ3n) is 11.3. The number of rotatable bonds is 8. The second-order valence-corrected chi connectivity index (χ2v) is 16.3. The van der Waals surface area contributed by atoms with Crippen molar-refractivity contribution in [2.24, 2.45) is 0 Å². The lowest BCUT2D eigenvalue weighted by Gasteiger charge is -2.43. The molecular formula is C39H54ClN7O6. The van der Waals surface area contributed by atoms with Gasteiger partial charge in [-0.3, -0.25) is 19.4 Å². The van der Waals surface area contributed by atoms with E-state index in [4.69, 9.17) is 27.2 Å². The van der Waals surface area contributed by atoms with Gasteiger partial charge in [0.25, 0.3) is 5.91 Å². The number of nitrogens with two attached hydrogens (primary N) is 1. The van der Waals surface area contributed by atoms with Gasteiger partial charge in [0.05, 0.1) is 17.3 Å². The molecule has 2 aromatic carbocycles. The van der Waals surface area contributed by atoms with Crippen molar-refractivity contribution in [2.45, 2.75) is 82.9 Å². The number of carboxylic acid groups (broad SMARTS) is 1. The smallest absolute Gasteiger partial charge is 0.410 e. The standard InChI is InChI=1S/C39H54ClN7O6/c1-39(2,3)30-22-26(23-31(40)35(30)41)24-33(36(50)45-20-18-44(19-21-45)28-9-13-43(14-10-28)25-34(48)49)53-38(52)46-15-11-29(12-16-46)47-17-8-27-6-4-5-7-32(27)42-37(47)51/h4-7,22-23,28-29,33H,8-21,24-25,41H2,1-3H3,(H,42,51)(H,48,49)/t33-/m1/s1. The van der Waals surface area contributed by atoms with Crippen LogP contribution in [0.4, 0.5) is 21.0 Å². The molecule has 0 aromatic heterocycles. The molecule has 0 bridgehead atoms. The second-order valence-electron chi connectivity index (χ2n) is 15.9. The van der Waals surface area contributed by atoms with E-state index in [0.717, 1.165) is 54.7 Å². The van der Waals surface area contributed by atoms with E-state index in [1.807, 2.05) is 40.1 Å². The van der Waals surface area contributed by atoms with Crippen molar-refractivity contribution in [3.05, 3.63) is 58.1 Å². The van der Waals surface area contributed by atoms with Crippen LogP contribution in [0.5, 0.6) is 0 Å². The monoisotopic (exact) mass is 751 g/mol. The molecule has 0 saturated carbocycles. The average molecular weight is 752 g/mol. The third kappa shape index (κ3) is 9.36. The molecule has 4 aliphatic rings. The quantitative estimate of drug-likeness (QED) is 0.331. The van der Waals surface area contributed by atoms with Crippen LogP contribution >= 0.6 is 11.6 Å². The summed E-state index contributed by atoms with van der Waals surface area (Å²) in [7, 11) is 0. The number of piperazine rings is 1. The number of fused-ring (bicyclic) bond motifs is 1. The van der Waals surface area contributed by atoms with Gasteiger partial charge in [-0.25, -0.2) is 9.59 Å². The zero-order chi connectivity index (χ0) is 37.9. The number of hydrogen-bond acceptors (Lipinski definition) is 8. The number of benzene rings is 2. The molecule has 13 nitrogen and oxygen atoms in total. The van der Waals surface area contributed by atoms with Crippen LogP contribution in [0.25, 0.3) is 0 Å². The van der Waals surface area contributed by atoms with E-state index in [9.17, 15) is 19.2 Å². The van der Waals surface area contributed by atoms with Crippen molar-refractivity contribution in [3.8, 4) is 0 Å². The van der Waals surface area contributed by atoms with E-state index in [1.165, 1.54) is 0 Å². The molecule has 0 spiro atoms. The fraction of sp³-hybridized carbons (Fsp3) is 0.590. The molecule has 288 valence electrons. The summed E-state index contributed by atoms with van der Waals surface area (Å²) in [6, 6.07) is 11.8. The van der Waals surface area contributed by atoms with E-state index < -0.39 is 18.2 Å². The molecule has 53 heavy (non-hydrogen) atoms. The first-order valence-corrected chi connectivity index (χ1v) is 19.3. The highest BCUT2D eigenvalue weighted by molar-refractivity contribution is 6.33. The molecule has 3 fully saturated rings. The fourth-order valence-electron chi connectivity index (χ4n) is 8.25. The summed E-state index contributed by atoms with van der Waals surface area (Å²) >= 11 is 6.61. The summed E-state index contributed by atoms with van der Waals surface area (Å²) in [6.07, 6.45) is 2.31. The van der Waals surface area contributed by atoms with E-state index in [2.05, 4.69) is 31.0 Å². The van der Waals surface area contributed by atoms with Gasteiger partial charge in [0.2, 0.25) is 0 Å². The van der Waals surface area contributed by atoms with Crippen molar-refractivity contribution in [2.75, 3.05) is 76.5 Å². The maximum Gasteiger partial charge on any atom is 0.410 e. The van der Waals surface area contributed by atoms with Crippen LogP contribution in [0, 0.1) is 0 Å². The lowest BCUT2D eigenvalue weighted by atomic mass is 9.84. The first-order valence-electron chi connectivity index (χ1n) is 18.9. The van der Waals surface area contributed by atoms with Gasteiger partial charge >= 0.3 is 18.1 Å². The lowest BCUT2D eigenvalue weighted by Crippen LogP contribution is -2.56. The van der Waals surface area contributed by atoms with E-state index in [-0.39, 0.29) is 36.4 Å². The van der Waals surface area contributed by atoms with Gasteiger partial charge in [0.15, 0.2) is 6.10 Å². The topological polar surface area (TPSA) is 152 Å². The Kier molecular flexibility index (Phi) is 12.0. The molecule has 4 amide bonds. The highest BCUT2D eigenvalue weighted by Crippen LogP contribution is 2.35. The Balaban J connectivity index is 1.10. The van der Waals surface area contributed by atoms with Gasteiger partial charge in [0, 0.05) is 83.1 Å². The zero-order valence-electron chi connectivity index (χ0n) is 31.2. The number of carbonyl (C=O) groups is 4. The number of likely N-dealkylation sites (tertiary alicyclic amines) is 2. The van der Waals surface area contributed by atoms with E-state index >= 15 is 0 Å².